The highest BCUT2D eigenvalue weighted by atomic mass is 19.1. The van der Waals surface area contributed by atoms with E-state index in [1.165, 1.54) is 12.1 Å². The van der Waals surface area contributed by atoms with E-state index >= 15 is 0 Å². The minimum atomic E-state index is -0.266. The van der Waals surface area contributed by atoms with Crippen LogP contribution in [-0.2, 0) is 4.74 Å². The van der Waals surface area contributed by atoms with Crippen molar-refractivity contribution in [3.8, 4) is 0 Å². The third kappa shape index (κ3) is 4.44. The van der Waals surface area contributed by atoms with Crippen molar-refractivity contribution in [2.24, 2.45) is 0 Å². The molecule has 2 aromatic carbocycles. The van der Waals surface area contributed by atoms with Gasteiger partial charge in [0.15, 0.2) is 0 Å². The van der Waals surface area contributed by atoms with Crippen LogP contribution in [0.25, 0.3) is 10.9 Å². The van der Waals surface area contributed by atoms with E-state index in [-0.39, 0.29) is 17.8 Å². The van der Waals surface area contributed by atoms with E-state index in [4.69, 9.17) is 4.74 Å². The molecule has 6 heteroatoms. The number of hydrogen-bond donors (Lipinski definition) is 1. The van der Waals surface area contributed by atoms with Crippen molar-refractivity contribution in [2.45, 2.75) is 13.0 Å². The van der Waals surface area contributed by atoms with Gasteiger partial charge in [0, 0.05) is 30.7 Å². The number of halogens is 1. The van der Waals surface area contributed by atoms with E-state index in [1.54, 1.807) is 12.1 Å². The molecule has 1 aliphatic rings. The Morgan fingerprint density at radius 1 is 1.17 bits per heavy atom. The van der Waals surface area contributed by atoms with Crippen molar-refractivity contribution in [3.63, 3.8) is 0 Å². The average Bonchev–Trinajstić information content (AvgIpc) is 2.75. The number of aromatic nitrogens is 1. The molecule has 4 rings (SSSR count). The van der Waals surface area contributed by atoms with Gasteiger partial charge in [-0.05, 0) is 36.8 Å². The van der Waals surface area contributed by atoms with Gasteiger partial charge in [-0.2, -0.15) is 0 Å². The maximum atomic E-state index is 13.4. The minimum Gasteiger partial charge on any atom is -0.379 e. The summed E-state index contributed by atoms with van der Waals surface area (Å²) in [6.07, 6.45) is 0. The lowest BCUT2D eigenvalue weighted by molar-refractivity contribution is 0.0162. The molecule has 1 N–H and O–H groups in total. The first-order chi connectivity index (χ1) is 14.1. The number of ether oxygens (including phenoxy) is 1. The summed E-state index contributed by atoms with van der Waals surface area (Å²) in [7, 11) is 0. The number of pyridine rings is 1. The highest BCUT2D eigenvalue weighted by molar-refractivity contribution is 6.06. The van der Waals surface area contributed by atoms with E-state index < -0.39 is 0 Å². The second-order valence-corrected chi connectivity index (χ2v) is 7.25. The van der Waals surface area contributed by atoms with Crippen LogP contribution in [0.5, 0.6) is 0 Å². The molecule has 150 valence electrons. The predicted molar refractivity (Wildman–Crippen MR) is 110 cm³/mol. The quantitative estimate of drug-likeness (QED) is 0.721. The SMILES string of the molecule is Cc1cc(C(=O)NC[C@H](c2ccc(F)cc2)N2CCOCC2)c2ccccc2n1. The van der Waals surface area contributed by atoms with Gasteiger partial charge < -0.3 is 10.1 Å². The summed E-state index contributed by atoms with van der Waals surface area (Å²) in [5.74, 6) is -0.399. The van der Waals surface area contributed by atoms with Crippen LogP contribution >= 0.6 is 0 Å². The molecule has 0 spiro atoms. The summed E-state index contributed by atoms with van der Waals surface area (Å²) in [5.41, 5.74) is 3.20. The molecule has 2 heterocycles. The number of nitrogens with zero attached hydrogens (tertiary/aromatic N) is 2. The molecule has 29 heavy (non-hydrogen) atoms. The van der Waals surface area contributed by atoms with Gasteiger partial charge in [0.25, 0.3) is 5.91 Å². The van der Waals surface area contributed by atoms with E-state index in [0.717, 1.165) is 35.2 Å². The fourth-order valence-corrected chi connectivity index (χ4v) is 3.81. The number of fused-ring (bicyclic) bond motifs is 1. The molecule has 1 aromatic heterocycles. The molecule has 1 fully saturated rings. The number of benzene rings is 2. The lowest BCUT2D eigenvalue weighted by Gasteiger charge is -2.35. The number of hydrogen-bond acceptors (Lipinski definition) is 4. The number of carbonyl (C=O) groups excluding carboxylic acids is 1. The van der Waals surface area contributed by atoms with Gasteiger partial charge in [-0.15, -0.1) is 0 Å². The van der Waals surface area contributed by atoms with Gasteiger partial charge in [-0.3, -0.25) is 14.7 Å². The highest BCUT2D eigenvalue weighted by Gasteiger charge is 2.24. The van der Waals surface area contributed by atoms with Crippen molar-refractivity contribution in [1.29, 1.82) is 0 Å². The van der Waals surface area contributed by atoms with Crippen LogP contribution in [0, 0.1) is 12.7 Å². The van der Waals surface area contributed by atoms with Crippen molar-refractivity contribution in [1.82, 2.24) is 15.2 Å². The standard InChI is InChI=1S/C23H24FN3O2/c1-16-14-20(19-4-2-3-5-21(19)26-16)23(28)25-15-22(27-10-12-29-13-11-27)17-6-8-18(24)9-7-17/h2-9,14,22H,10-13,15H2,1H3,(H,25,28)/t22-/m1/s1. The van der Waals surface area contributed by atoms with Crippen molar-refractivity contribution < 1.29 is 13.9 Å². The Labute approximate surface area is 169 Å². The zero-order chi connectivity index (χ0) is 20.2. The Bertz CT molecular complexity index is 1000. The molecule has 0 saturated carbocycles. The molecule has 0 radical (unpaired) electrons. The van der Waals surface area contributed by atoms with Crippen LogP contribution in [0.1, 0.15) is 27.7 Å². The summed E-state index contributed by atoms with van der Waals surface area (Å²) < 4.78 is 18.9. The monoisotopic (exact) mass is 393 g/mol. The molecule has 1 saturated heterocycles. The zero-order valence-corrected chi connectivity index (χ0v) is 16.4. The number of para-hydroxylation sites is 1. The number of morpholine rings is 1. The van der Waals surface area contributed by atoms with E-state index in [0.29, 0.717) is 25.3 Å². The van der Waals surface area contributed by atoms with Gasteiger partial charge in [0.2, 0.25) is 0 Å². The van der Waals surface area contributed by atoms with Crippen molar-refractivity contribution in [2.75, 3.05) is 32.8 Å². The molecule has 0 unspecified atom stereocenters. The Hall–Kier alpha value is -2.83. The van der Waals surface area contributed by atoms with E-state index in [2.05, 4.69) is 15.2 Å². The average molecular weight is 393 g/mol. The molecule has 1 amide bonds. The Balaban J connectivity index is 1.57. The van der Waals surface area contributed by atoms with Crippen LogP contribution < -0.4 is 5.32 Å². The molecule has 0 aliphatic carbocycles. The predicted octanol–water partition coefficient (Wildman–Crippen LogP) is 3.49. The summed E-state index contributed by atoms with van der Waals surface area (Å²) >= 11 is 0. The van der Waals surface area contributed by atoms with E-state index in [1.807, 2.05) is 37.3 Å². The number of carbonyl (C=O) groups is 1. The van der Waals surface area contributed by atoms with Crippen LogP contribution in [0.2, 0.25) is 0 Å². The lowest BCUT2D eigenvalue weighted by Crippen LogP contribution is -2.43. The normalized spacial score (nSPS) is 15.9. The number of aryl methyl sites for hydroxylation is 1. The van der Waals surface area contributed by atoms with Gasteiger partial charge in [0.05, 0.1) is 30.3 Å². The molecule has 1 aliphatic heterocycles. The number of rotatable bonds is 5. The Morgan fingerprint density at radius 2 is 1.90 bits per heavy atom. The zero-order valence-electron chi connectivity index (χ0n) is 16.4. The fraction of sp³-hybridized carbons (Fsp3) is 0.304. The molecule has 0 bridgehead atoms. The first-order valence-electron chi connectivity index (χ1n) is 9.83. The van der Waals surface area contributed by atoms with Crippen molar-refractivity contribution in [3.05, 3.63) is 77.2 Å². The largest absolute Gasteiger partial charge is 0.379 e. The smallest absolute Gasteiger partial charge is 0.252 e. The Morgan fingerprint density at radius 3 is 2.66 bits per heavy atom. The third-order valence-corrected chi connectivity index (χ3v) is 5.29. The van der Waals surface area contributed by atoms with Gasteiger partial charge >= 0.3 is 0 Å². The van der Waals surface area contributed by atoms with E-state index in [9.17, 15) is 9.18 Å². The van der Waals surface area contributed by atoms with Crippen LogP contribution in [0.4, 0.5) is 4.39 Å². The topological polar surface area (TPSA) is 54.5 Å². The summed E-state index contributed by atoms with van der Waals surface area (Å²) in [6, 6.07) is 15.9. The fourth-order valence-electron chi connectivity index (χ4n) is 3.81. The van der Waals surface area contributed by atoms with Crippen LogP contribution in [-0.4, -0.2) is 48.6 Å². The van der Waals surface area contributed by atoms with Crippen molar-refractivity contribution >= 4 is 16.8 Å². The van der Waals surface area contributed by atoms with Gasteiger partial charge in [-0.25, -0.2) is 4.39 Å². The summed E-state index contributed by atoms with van der Waals surface area (Å²) in [4.78, 5) is 19.8. The van der Waals surface area contributed by atoms with Gasteiger partial charge in [0.1, 0.15) is 5.82 Å². The van der Waals surface area contributed by atoms with Gasteiger partial charge in [-0.1, -0.05) is 30.3 Å². The van der Waals surface area contributed by atoms with Crippen LogP contribution in [0.3, 0.4) is 0 Å². The maximum Gasteiger partial charge on any atom is 0.252 e. The first-order valence-corrected chi connectivity index (χ1v) is 9.83. The third-order valence-electron chi connectivity index (χ3n) is 5.29. The number of amides is 1. The summed E-state index contributed by atoms with van der Waals surface area (Å²) in [5, 5.41) is 3.92. The molecular weight excluding hydrogens is 369 g/mol. The molecule has 3 aromatic rings. The highest BCUT2D eigenvalue weighted by Crippen LogP contribution is 2.23. The first kappa shape index (κ1) is 19.5. The molecular formula is C23H24FN3O2. The second-order valence-electron chi connectivity index (χ2n) is 7.25. The second kappa shape index (κ2) is 8.68. The maximum absolute atomic E-state index is 13.4. The molecule has 1 atom stereocenters. The van der Waals surface area contributed by atoms with Crippen LogP contribution in [0.15, 0.2) is 54.6 Å². The minimum absolute atomic E-state index is 0.0438. The lowest BCUT2D eigenvalue weighted by atomic mass is 10.0. The molecule has 5 nitrogen and oxygen atoms in total. The summed E-state index contributed by atoms with van der Waals surface area (Å²) in [6.45, 7) is 5.17. The Kier molecular flexibility index (Phi) is 5.83. The number of nitrogens with one attached hydrogen (secondary N) is 1.